The molecule has 7 heteroatoms. The zero-order valence-corrected chi connectivity index (χ0v) is 11.3. The lowest BCUT2D eigenvalue weighted by Crippen LogP contribution is -2.26. The summed E-state index contributed by atoms with van der Waals surface area (Å²) in [6.45, 7) is 1.34. The summed E-state index contributed by atoms with van der Waals surface area (Å²) in [5, 5.41) is 13.8. The molecule has 0 aliphatic rings. The van der Waals surface area contributed by atoms with Crippen molar-refractivity contribution < 1.29 is 4.79 Å². The number of rotatable bonds is 5. The Balaban J connectivity index is 1.57. The largest absolute Gasteiger partial charge is 0.353 e. The quantitative estimate of drug-likeness (QED) is 0.754. The van der Waals surface area contributed by atoms with E-state index in [1.807, 2.05) is 29.1 Å². The second kappa shape index (κ2) is 6.00. The Morgan fingerprint density at radius 2 is 1.90 bits per heavy atom. The molecule has 3 rings (SSSR count). The van der Waals surface area contributed by atoms with Gasteiger partial charge in [-0.3, -0.25) is 4.79 Å². The first kappa shape index (κ1) is 13.0. The van der Waals surface area contributed by atoms with Crippen molar-refractivity contribution in [2.24, 2.45) is 0 Å². The summed E-state index contributed by atoms with van der Waals surface area (Å²) < 4.78 is 3.55. The van der Waals surface area contributed by atoms with Crippen LogP contribution in [0.15, 0.2) is 55.1 Å². The van der Waals surface area contributed by atoms with Gasteiger partial charge in [-0.25, -0.2) is 4.68 Å². The van der Waals surface area contributed by atoms with Crippen LogP contribution < -0.4 is 5.32 Å². The van der Waals surface area contributed by atoms with Gasteiger partial charge in [-0.15, -0.1) is 5.10 Å². The Bertz CT molecular complexity index is 688. The summed E-state index contributed by atoms with van der Waals surface area (Å²) in [5.74, 6) is -0.0922. The van der Waals surface area contributed by atoms with Crippen molar-refractivity contribution in [1.82, 2.24) is 30.1 Å². The zero-order valence-electron chi connectivity index (χ0n) is 11.3. The molecule has 0 bridgehead atoms. The van der Waals surface area contributed by atoms with Crippen LogP contribution in [-0.4, -0.2) is 37.2 Å². The molecule has 1 aromatic carbocycles. The van der Waals surface area contributed by atoms with E-state index in [4.69, 9.17) is 0 Å². The normalized spacial score (nSPS) is 10.5. The molecule has 0 saturated carbocycles. The van der Waals surface area contributed by atoms with Crippen molar-refractivity contribution in [3.63, 3.8) is 0 Å². The lowest BCUT2D eigenvalue weighted by atomic mass is 10.2. The molecule has 0 aliphatic carbocycles. The third kappa shape index (κ3) is 3.14. The Morgan fingerprint density at radius 3 is 2.57 bits per heavy atom. The topological polar surface area (TPSA) is 77.6 Å². The van der Waals surface area contributed by atoms with Gasteiger partial charge in [0.05, 0.1) is 5.69 Å². The number of aromatic nitrogens is 5. The first-order chi connectivity index (χ1) is 10.3. The van der Waals surface area contributed by atoms with Gasteiger partial charge >= 0.3 is 0 Å². The minimum absolute atomic E-state index is 0.0922. The van der Waals surface area contributed by atoms with Gasteiger partial charge < -0.3 is 9.88 Å². The van der Waals surface area contributed by atoms with Crippen LogP contribution in [0.5, 0.6) is 0 Å². The molecule has 2 heterocycles. The fourth-order valence-electron chi connectivity index (χ4n) is 1.96. The fourth-order valence-corrected chi connectivity index (χ4v) is 1.96. The summed E-state index contributed by atoms with van der Waals surface area (Å²) in [7, 11) is 0. The third-order valence-electron chi connectivity index (χ3n) is 3.06. The number of hydrogen-bond acceptors (Lipinski definition) is 4. The highest BCUT2D eigenvalue weighted by molar-refractivity contribution is 5.94. The van der Waals surface area contributed by atoms with Gasteiger partial charge in [-0.2, -0.15) is 0 Å². The first-order valence-electron chi connectivity index (χ1n) is 6.55. The molecule has 2 aromatic heterocycles. The van der Waals surface area contributed by atoms with Crippen LogP contribution in [0, 0.1) is 0 Å². The van der Waals surface area contributed by atoms with Gasteiger partial charge in [0.25, 0.3) is 5.91 Å². The summed E-state index contributed by atoms with van der Waals surface area (Å²) >= 11 is 0. The molecule has 1 N–H and O–H groups in total. The minimum atomic E-state index is -0.0922. The minimum Gasteiger partial charge on any atom is -0.353 e. The molecular formula is C14H14N6O. The zero-order chi connectivity index (χ0) is 14.5. The molecule has 1 amide bonds. The molecule has 0 fully saturated rings. The highest BCUT2D eigenvalue weighted by Crippen LogP contribution is 2.07. The van der Waals surface area contributed by atoms with Crippen molar-refractivity contribution in [3.8, 4) is 5.69 Å². The molecule has 0 atom stereocenters. The second-order valence-corrected chi connectivity index (χ2v) is 4.48. The van der Waals surface area contributed by atoms with Crippen LogP contribution in [-0.2, 0) is 6.54 Å². The van der Waals surface area contributed by atoms with E-state index >= 15 is 0 Å². The van der Waals surface area contributed by atoms with Crippen LogP contribution >= 0.6 is 0 Å². The van der Waals surface area contributed by atoms with Crippen LogP contribution in [0.4, 0.5) is 0 Å². The lowest BCUT2D eigenvalue weighted by Gasteiger charge is -2.07. The summed E-state index contributed by atoms with van der Waals surface area (Å²) in [6, 6.07) is 11.0. The molecular weight excluding hydrogens is 268 g/mol. The molecule has 0 spiro atoms. The van der Waals surface area contributed by atoms with Gasteiger partial charge in [0, 0.05) is 31.0 Å². The summed E-state index contributed by atoms with van der Waals surface area (Å²) in [5.41, 5.74) is 1.42. The number of hydrogen-bond donors (Lipinski definition) is 1. The fraction of sp³-hybridized carbons (Fsp3) is 0.143. The molecule has 0 saturated heterocycles. The van der Waals surface area contributed by atoms with Crippen molar-refractivity contribution in [3.05, 3.63) is 60.7 Å². The van der Waals surface area contributed by atoms with E-state index in [9.17, 15) is 4.79 Å². The Labute approximate surface area is 121 Å². The van der Waals surface area contributed by atoms with Crippen LogP contribution in [0.3, 0.4) is 0 Å². The average molecular weight is 282 g/mol. The van der Waals surface area contributed by atoms with E-state index in [-0.39, 0.29) is 5.91 Å². The Morgan fingerprint density at radius 1 is 1.14 bits per heavy atom. The van der Waals surface area contributed by atoms with E-state index in [2.05, 4.69) is 20.8 Å². The highest BCUT2D eigenvalue weighted by Gasteiger charge is 2.05. The Hall–Kier alpha value is -2.96. The summed E-state index contributed by atoms with van der Waals surface area (Å²) in [6.07, 6.45) is 5.44. The first-order valence-corrected chi connectivity index (χ1v) is 6.55. The van der Waals surface area contributed by atoms with Crippen molar-refractivity contribution in [2.75, 3.05) is 6.54 Å². The van der Waals surface area contributed by atoms with E-state index in [0.29, 0.717) is 12.1 Å². The molecule has 0 unspecified atom stereocenters. The van der Waals surface area contributed by atoms with Gasteiger partial charge in [0.15, 0.2) is 0 Å². The van der Waals surface area contributed by atoms with E-state index in [0.717, 1.165) is 12.2 Å². The third-order valence-corrected chi connectivity index (χ3v) is 3.06. The highest BCUT2D eigenvalue weighted by atomic mass is 16.1. The molecule has 106 valence electrons. The smallest absolute Gasteiger partial charge is 0.251 e. The van der Waals surface area contributed by atoms with Crippen LogP contribution in [0.2, 0.25) is 0 Å². The van der Waals surface area contributed by atoms with Crippen LogP contribution in [0.1, 0.15) is 10.4 Å². The van der Waals surface area contributed by atoms with Crippen molar-refractivity contribution >= 4 is 5.91 Å². The monoisotopic (exact) mass is 282 g/mol. The maximum atomic E-state index is 12.0. The number of benzene rings is 1. The number of carbonyl (C=O) groups excluding carboxylic acids is 1. The predicted octanol–water partition coefficient (Wildman–Crippen LogP) is 0.894. The van der Waals surface area contributed by atoms with Gasteiger partial charge in [-0.1, -0.05) is 0 Å². The average Bonchev–Trinajstić information content (AvgIpc) is 3.21. The molecule has 7 nitrogen and oxygen atoms in total. The maximum Gasteiger partial charge on any atom is 0.251 e. The van der Waals surface area contributed by atoms with E-state index in [1.165, 1.54) is 11.0 Å². The van der Waals surface area contributed by atoms with Gasteiger partial charge in [0.1, 0.15) is 6.33 Å². The summed E-state index contributed by atoms with van der Waals surface area (Å²) in [4.78, 5) is 12.0. The van der Waals surface area contributed by atoms with Crippen LogP contribution in [0.25, 0.3) is 5.69 Å². The molecule has 0 aliphatic heterocycles. The number of tetrazole rings is 1. The lowest BCUT2D eigenvalue weighted by molar-refractivity contribution is 0.0952. The van der Waals surface area contributed by atoms with Crippen molar-refractivity contribution in [1.29, 1.82) is 0 Å². The number of nitrogens with one attached hydrogen (secondary N) is 1. The second-order valence-electron chi connectivity index (χ2n) is 4.48. The number of carbonyl (C=O) groups is 1. The standard InChI is InChI=1S/C14H14N6O/c21-14(15-7-10-19-8-1-2-9-19)12-3-5-13(6-4-12)20-11-16-17-18-20/h1-6,8-9,11H,7,10H2,(H,15,21). The van der Waals surface area contributed by atoms with E-state index in [1.54, 1.807) is 24.3 Å². The number of amides is 1. The van der Waals surface area contributed by atoms with E-state index < -0.39 is 0 Å². The maximum absolute atomic E-state index is 12.0. The van der Waals surface area contributed by atoms with Crippen molar-refractivity contribution in [2.45, 2.75) is 6.54 Å². The SMILES string of the molecule is O=C(NCCn1cccc1)c1ccc(-n2cnnn2)cc1. The molecule has 21 heavy (non-hydrogen) atoms. The number of nitrogens with zero attached hydrogens (tertiary/aromatic N) is 5. The molecule has 3 aromatic rings. The Kier molecular flexibility index (Phi) is 3.72. The van der Waals surface area contributed by atoms with Gasteiger partial charge in [0.2, 0.25) is 0 Å². The molecule has 0 radical (unpaired) electrons. The predicted molar refractivity (Wildman–Crippen MR) is 75.9 cm³/mol. The van der Waals surface area contributed by atoms with Gasteiger partial charge in [-0.05, 0) is 46.8 Å².